The van der Waals surface area contributed by atoms with Gasteiger partial charge in [0.1, 0.15) is 0 Å². The number of anilines is 1. The van der Waals surface area contributed by atoms with Crippen LogP contribution in [0.3, 0.4) is 0 Å². The highest BCUT2D eigenvalue weighted by molar-refractivity contribution is 5.78. The van der Waals surface area contributed by atoms with E-state index in [1.807, 2.05) is 6.07 Å². The van der Waals surface area contributed by atoms with E-state index in [0.717, 1.165) is 44.5 Å². The molecule has 1 heterocycles. The fraction of sp³-hybridized carbons (Fsp3) is 0.562. The third kappa shape index (κ3) is 2.40. The SMILES string of the molecule is CNC(=O)C1CCCN(C2CCc3cc(N)ccc32)C1. The second-order valence-electron chi connectivity index (χ2n) is 5.96. The number of rotatable bonds is 2. The molecule has 4 nitrogen and oxygen atoms in total. The number of hydrogen-bond donors (Lipinski definition) is 2. The lowest BCUT2D eigenvalue weighted by atomic mass is 9.94. The van der Waals surface area contributed by atoms with Gasteiger partial charge in [0.05, 0.1) is 5.92 Å². The first kappa shape index (κ1) is 13.4. The molecule has 0 saturated carbocycles. The Balaban J connectivity index is 1.76. The Labute approximate surface area is 120 Å². The first-order valence-corrected chi connectivity index (χ1v) is 7.53. The quantitative estimate of drug-likeness (QED) is 0.807. The Morgan fingerprint density at radius 1 is 1.40 bits per heavy atom. The summed E-state index contributed by atoms with van der Waals surface area (Å²) >= 11 is 0. The smallest absolute Gasteiger partial charge is 0.224 e. The third-order valence-electron chi connectivity index (χ3n) is 4.72. The van der Waals surface area contributed by atoms with Gasteiger partial charge in [0.15, 0.2) is 0 Å². The predicted molar refractivity (Wildman–Crippen MR) is 80.3 cm³/mol. The van der Waals surface area contributed by atoms with Crippen LogP contribution in [0.5, 0.6) is 0 Å². The van der Waals surface area contributed by atoms with Crippen molar-refractivity contribution in [2.24, 2.45) is 5.92 Å². The molecule has 3 rings (SSSR count). The number of nitrogens with zero attached hydrogens (tertiary/aromatic N) is 1. The number of amides is 1. The molecule has 1 aromatic rings. The predicted octanol–water partition coefficient (Wildman–Crippen LogP) is 1.71. The van der Waals surface area contributed by atoms with Gasteiger partial charge in [0, 0.05) is 25.3 Å². The summed E-state index contributed by atoms with van der Waals surface area (Å²) in [6.07, 6.45) is 4.38. The number of hydrogen-bond acceptors (Lipinski definition) is 3. The molecule has 0 radical (unpaired) electrons. The van der Waals surface area contributed by atoms with E-state index < -0.39 is 0 Å². The van der Waals surface area contributed by atoms with Crippen molar-refractivity contribution in [1.29, 1.82) is 0 Å². The van der Waals surface area contributed by atoms with Crippen LogP contribution in [-0.4, -0.2) is 30.9 Å². The third-order valence-corrected chi connectivity index (χ3v) is 4.72. The van der Waals surface area contributed by atoms with Gasteiger partial charge in [-0.25, -0.2) is 0 Å². The molecule has 3 N–H and O–H groups in total. The number of fused-ring (bicyclic) bond motifs is 1. The molecule has 1 fully saturated rings. The second-order valence-corrected chi connectivity index (χ2v) is 5.96. The zero-order valence-corrected chi connectivity index (χ0v) is 12.1. The maximum Gasteiger partial charge on any atom is 0.224 e. The zero-order valence-electron chi connectivity index (χ0n) is 12.1. The van der Waals surface area contributed by atoms with Gasteiger partial charge in [-0.05, 0) is 55.5 Å². The van der Waals surface area contributed by atoms with Crippen molar-refractivity contribution in [2.75, 3.05) is 25.9 Å². The van der Waals surface area contributed by atoms with Crippen LogP contribution < -0.4 is 11.1 Å². The molecule has 1 saturated heterocycles. The number of benzene rings is 1. The van der Waals surface area contributed by atoms with E-state index in [2.05, 4.69) is 22.3 Å². The summed E-state index contributed by atoms with van der Waals surface area (Å²) < 4.78 is 0. The number of nitrogen functional groups attached to an aromatic ring is 1. The first-order chi connectivity index (χ1) is 9.69. The van der Waals surface area contributed by atoms with Crippen LogP contribution in [0.1, 0.15) is 36.4 Å². The van der Waals surface area contributed by atoms with Crippen molar-refractivity contribution in [3.05, 3.63) is 29.3 Å². The van der Waals surface area contributed by atoms with Crippen molar-refractivity contribution < 1.29 is 4.79 Å². The molecular weight excluding hydrogens is 250 g/mol. The van der Waals surface area contributed by atoms with E-state index in [1.165, 1.54) is 11.1 Å². The molecule has 1 amide bonds. The fourth-order valence-electron chi connectivity index (χ4n) is 3.70. The molecule has 2 unspecified atom stereocenters. The summed E-state index contributed by atoms with van der Waals surface area (Å²) in [5.74, 6) is 0.330. The summed E-state index contributed by atoms with van der Waals surface area (Å²) in [4.78, 5) is 14.4. The molecule has 1 aromatic carbocycles. The van der Waals surface area contributed by atoms with E-state index in [0.29, 0.717) is 6.04 Å². The van der Waals surface area contributed by atoms with E-state index >= 15 is 0 Å². The number of carbonyl (C=O) groups excluding carboxylic acids is 1. The summed E-state index contributed by atoms with van der Waals surface area (Å²) in [5.41, 5.74) is 9.52. The van der Waals surface area contributed by atoms with Crippen LogP contribution in [0.4, 0.5) is 5.69 Å². The van der Waals surface area contributed by atoms with Crippen molar-refractivity contribution >= 4 is 11.6 Å². The normalized spacial score (nSPS) is 26.2. The summed E-state index contributed by atoms with van der Waals surface area (Å²) in [5, 5.41) is 2.79. The van der Waals surface area contributed by atoms with E-state index in [1.54, 1.807) is 7.05 Å². The molecule has 4 heteroatoms. The lowest BCUT2D eigenvalue weighted by molar-refractivity contribution is -0.126. The summed E-state index contributed by atoms with van der Waals surface area (Å²) in [7, 11) is 1.73. The Morgan fingerprint density at radius 3 is 3.05 bits per heavy atom. The van der Waals surface area contributed by atoms with Gasteiger partial charge in [0.25, 0.3) is 0 Å². The number of nitrogens with two attached hydrogens (primary N) is 1. The van der Waals surface area contributed by atoms with Crippen LogP contribution >= 0.6 is 0 Å². The minimum Gasteiger partial charge on any atom is -0.399 e. The highest BCUT2D eigenvalue weighted by Gasteiger charge is 2.33. The molecule has 20 heavy (non-hydrogen) atoms. The highest BCUT2D eigenvalue weighted by Crippen LogP contribution is 2.38. The second kappa shape index (κ2) is 5.44. The Bertz CT molecular complexity index is 514. The van der Waals surface area contributed by atoms with E-state index in [-0.39, 0.29) is 11.8 Å². The van der Waals surface area contributed by atoms with Crippen LogP contribution in [0.2, 0.25) is 0 Å². The van der Waals surface area contributed by atoms with Crippen LogP contribution in [0.25, 0.3) is 0 Å². The number of carbonyl (C=O) groups is 1. The molecular formula is C16H23N3O. The topological polar surface area (TPSA) is 58.4 Å². The van der Waals surface area contributed by atoms with Gasteiger partial charge >= 0.3 is 0 Å². The molecule has 2 aliphatic rings. The molecule has 0 spiro atoms. The van der Waals surface area contributed by atoms with Gasteiger partial charge in [-0.3, -0.25) is 9.69 Å². The highest BCUT2D eigenvalue weighted by atomic mass is 16.1. The maximum absolute atomic E-state index is 11.9. The van der Waals surface area contributed by atoms with Crippen molar-refractivity contribution in [3.63, 3.8) is 0 Å². The Morgan fingerprint density at radius 2 is 2.25 bits per heavy atom. The lowest BCUT2D eigenvalue weighted by Crippen LogP contribution is -2.43. The summed E-state index contributed by atoms with van der Waals surface area (Å²) in [6, 6.07) is 6.75. The van der Waals surface area contributed by atoms with Crippen molar-refractivity contribution in [3.8, 4) is 0 Å². The maximum atomic E-state index is 11.9. The monoisotopic (exact) mass is 273 g/mol. The summed E-state index contributed by atoms with van der Waals surface area (Å²) in [6.45, 7) is 1.98. The molecule has 2 atom stereocenters. The fourth-order valence-corrected chi connectivity index (χ4v) is 3.70. The molecule has 108 valence electrons. The first-order valence-electron chi connectivity index (χ1n) is 7.53. The van der Waals surface area contributed by atoms with Gasteiger partial charge in [-0.15, -0.1) is 0 Å². The average molecular weight is 273 g/mol. The van der Waals surface area contributed by atoms with Crippen molar-refractivity contribution in [1.82, 2.24) is 10.2 Å². The lowest BCUT2D eigenvalue weighted by Gasteiger charge is -2.36. The number of aryl methyl sites for hydroxylation is 1. The minimum absolute atomic E-state index is 0.145. The van der Waals surface area contributed by atoms with E-state index in [4.69, 9.17) is 5.73 Å². The average Bonchev–Trinajstić information content (AvgIpc) is 2.89. The standard InChI is InChI=1S/C16H23N3O/c1-18-16(20)12-3-2-8-19(10-12)15-7-4-11-9-13(17)5-6-14(11)15/h5-6,9,12,15H,2-4,7-8,10,17H2,1H3,(H,18,20). The zero-order chi connectivity index (χ0) is 14.1. The molecule has 0 aromatic heterocycles. The van der Waals surface area contributed by atoms with Gasteiger partial charge in [0.2, 0.25) is 5.91 Å². The van der Waals surface area contributed by atoms with Gasteiger partial charge in [-0.1, -0.05) is 6.07 Å². The van der Waals surface area contributed by atoms with Gasteiger partial charge in [-0.2, -0.15) is 0 Å². The van der Waals surface area contributed by atoms with Crippen LogP contribution in [0, 0.1) is 5.92 Å². The van der Waals surface area contributed by atoms with Gasteiger partial charge < -0.3 is 11.1 Å². The molecule has 1 aliphatic carbocycles. The van der Waals surface area contributed by atoms with Crippen LogP contribution in [-0.2, 0) is 11.2 Å². The van der Waals surface area contributed by atoms with E-state index in [9.17, 15) is 4.79 Å². The largest absolute Gasteiger partial charge is 0.399 e. The Kier molecular flexibility index (Phi) is 3.66. The molecule has 1 aliphatic heterocycles. The minimum atomic E-state index is 0.145. The number of nitrogens with one attached hydrogen (secondary N) is 1. The number of piperidine rings is 1. The van der Waals surface area contributed by atoms with Crippen LogP contribution in [0.15, 0.2) is 18.2 Å². The van der Waals surface area contributed by atoms with Crippen molar-refractivity contribution in [2.45, 2.75) is 31.7 Å². The molecule has 0 bridgehead atoms. The Hall–Kier alpha value is -1.55. The number of likely N-dealkylation sites (tertiary alicyclic amines) is 1.